The zero-order valence-electron chi connectivity index (χ0n) is 27.0. The number of halogens is 3. The summed E-state index contributed by atoms with van der Waals surface area (Å²) in [5.74, 6) is -1.06. The van der Waals surface area contributed by atoms with Gasteiger partial charge in [-0.15, -0.1) is 5.10 Å². The van der Waals surface area contributed by atoms with E-state index in [1.807, 2.05) is 17.0 Å². The number of piperidine rings is 1. The standard InChI is InChI=1S/C32H39F3N12O2/c33-32(34,35)21-13-44(14-21)30(49)47-24-3-4-25(47)17-43(16-24)26-2-1-9-46-28(26)40-29(41-46)39-23-12-38-45(15-23)18-27(48)42-10-5-22(6-11-42)37-20-31(19-36)7-8-31/h1-2,9,12,15,21-22,24-25,37H,3-8,10-11,13-14,16-18,20H2,(H,39,41). The topological polar surface area (TPSA) is 143 Å². The molecule has 1 saturated carbocycles. The zero-order valence-corrected chi connectivity index (χ0v) is 27.0. The van der Waals surface area contributed by atoms with Gasteiger partial charge in [0.1, 0.15) is 6.54 Å². The van der Waals surface area contributed by atoms with Gasteiger partial charge in [-0.3, -0.25) is 9.48 Å². The van der Waals surface area contributed by atoms with Crippen molar-refractivity contribution in [1.29, 1.82) is 5.26 Å². The van der Waals surface area contributed by atoms with Crippen LogP contribution >= 0.6 is 0 Å². The Morgan fingerprint density at radius 2 is 1.78 bits per heavy atom. The number of urea groups is 1. The third-order valence-electron chi connectivity index (χ3n) is 10.9. The number of nitriles is 1. The van der Waals surface area contributed by atoms with Gasteiger partial charge in [0, 0.05) is 64.2 Å². The summed E-state index contributed by atoms with van der Waals surface area (Å²) < 4.78 is 42.3. The molecule has 1 aliphatic carbocycles. The molecule has 0 radical (unpaired) electrons. The third kappa shape index (κ3) is 6.22. The second kappa shape index (κ2) is 12.1. The molecule has 3 amide bonds. The zero-order chi connectivity index (χ0) is 33.9. The van der Waals surface area contributed by atoms with Gasteiger partial charge in [-0.05, 0) is 50.7 Å². The smallest absolute Gasteiger partial charge is 0.364 e. The maximum absolute atomic E-state index is 13.2. The van der Waals surface area contributed by atoms with Gasteiger partial charge in [0.15, 0.2) is 5.65 Å². The van der Waals surface area contributed by atoms with Gasteiger partial charge in [-0.25, -0.2) is 9.31 Å². The monoisotopic (exact) mass is 680 g/mol. The van der Waals surface area contributed by atoms with E-state index in [1.54, 1.807) is 32.7 Å². The first kappa shape index (κ1) is 31.7. The molecular weight excluding hydrogens is 641 g/mol. The lowest BCUT2D eigenvalue weighted by Crippen LogP contribution is -2.64. The number of piperazine rings is 1. The van der Waals surface area contributed by atoms with E-state index >= 15 is 0 Å². The molecule has 2 N–H and O–H groups in total. The molecule has 5 aliphatic rings. The molecule has 4 saturated heterocycles. The average molecular weight is 681 g/mol. The van der Waals surface area contributed by atoms with Crippen LogP contribution in [0.25, 0.3) is 5.65 Å². The third-order valence-corrected chi connectivity index (χ3v) is 10.9. The van der Waals surface area contributed by atoms with Gasteiger partial charge in [-0.2, -0.15) is 28.5 Å². The first-order valence-corrected chi connectivity index (χ1v) is 17.0. The van der Waals surface area contributed by atoms with Gasteiger partial charge in [0.05, 0.1) is 47.1 Å². The Kier molecular flexibility index (Phi) is 7.80. The van der Waals surface area contributed by atoms with Crippen LogP contribution in [0.5, 0.6) is 0 Å². The number of amides is 3. The number of hydrogen-bond acceptors (Lipinski definition) is 9. The Labute approximate surface area is 280 Å². The number of pyridine rings is 1. The summed E-state index contributed by atoms with van der Waals surface area (Å²) in [6.07, 6.45) is 6.17. The lowest BCUT2D eigenvalue weighted by atomic mass is 10.00. The molecule has 2 bridgehead atoms. The van der Waals surface area contributed by atoms with Crippen molar-refractivity contribution >= 4 is 34.9 Å². The van der Waals surface area contributed by atoms with Crippen LogP contribution in [-0.2, 0) is 11.3 Å². The number of likely N-dealkylation sites (tertiary alicyclic amines) is 2. The molecule has 0 spiro atoms. The van der Waals surface area contributed by atoms with E-state index in [4.69, 9.17) is 4.98 Å². The lowest BCUT2D eigenvalue weighted by Gasteiger charge is -2.47. The fourth-order valence-corrected chi connectivity index (χ4v) is 7.64. The van der Waals surface area contributed by atoms with Crippen LogP contribution in [0.3, 0.4) is 0 Å². The van der Waals surface area contributed by atoms with Crippen LogP contribution in [-0.4, -0.2) is 121 Å². The van der Waals surface area contributed by atoms with Crippen molar-refractivity contribution in [2.24, 2.45) is 11.3 Å². The van der Waals surface area contributed by atoms with Gasteiger partial charge in [0.2, 0.25) is 11.9 Å². The summed E-state index contributed by atoms with van der Waals surface area (Å²) in [4.78, 5) is 38.1. The fourth-order valence-electron chi connectivity index (χ4n) is 7.64. The minimum atomic E-state index is -4.27. The lowest BCUT2D eigenvalue weighted by molar-refractivity contribution is -0.203. The van der Waals surface area contributed by atoms with Gasteiger partial charge < -0.3 is 30.2 Å². The number of aromatic nitrogens is 5. The van der Waals surface area contributed by atoms with Crippen LogP contribution < -0.4 is 15.5 Å². The largest absolute Gasteiger partial charge is 0.395 e. The van der Waals surface area contributed by atoms with E-state index in [2.05, 4.69) is 31.8 Å². The SMILES string of the molecule is N#CC1(CNC2CCN(C(=O)Cn3cc(Nc4nc5c(N6CC7CCC(C6)N7C(=O)N6CC(C(F)(F)F)C6)cccn5n4)cn3)CC2)CC1. The molecular formula is C32H39F3N12O2. The molecule has 17 heteroatoms. The highest BCUT2D eigenvalue weighted by atomic mass is 19.4. The van der Waals surface area contributed by atoms with Crippen molar-refractivity contribution in [3.63, 3.8) is 0 Å². The second-order valence-corrected chi connectivity index (χ2v) is 14.2. The number of nitrogens with zero attached hydrogens (tertiary/aromatic N) is 10. The first-order valence-electron chi connectivity index (χ1n) is 17.0. The van der Waals surface area contributed by atoms with Crippen molar-refractivity contribution in [1.82, 2.24) is 44.4 Å². The van der Waals surface area contributed by atoms with E-state index in [-0.39, 0.29) is 49.1 Å². The Balaban J connectivity index is 0.858. The summed E-state index contributed by atoms with van der Waals surface area (Å²) in [6.45, 7) is 2.77. The highest BCUT2D eigenvalue weighted by Gasteiger charge is 2.52. The van der Waals surface area contributed by atoms with Crippen LogP contribution in [0.4, 0.5) is 35.3 Å². The minimum Gasteiger partial charge on any atom is -0.364 e. The van der Waals surface area contributed by atoms with Crippen LogP contribution in [0.1, 0.15) is 38.5 Å². The van der Waals surface area contributed by atoms with Gasteiger partial charge in [0.25, 0.3) is 0 Å². The van der Waals surface area contributed by atoms with Crippen molar-refractivity contribution < 1.29 is 22.8 Å². The maximum Gasteiger partial charge on any atom is 0.395 e. The molecule has 5 fully saturated rings. The van der Waals surface area contributed by atoms with Crippen LogP contribution in [0, 0.1) is 22.7 Å². The van der Waals surface area contributed by atoms with Crippen LogP contribution in [0.2, 0.25) is 0 Å². The van der Waals surface area contributed by atoms with E-state index in [0.29, 0.717) is 49.5 Å². The quantitative estimate of drug-likeness (QED) is 0.367. The number of nitrogens with one attached hydrogen (secondary N) is 2. The van der Waals surface area contributed by atoms with Crippen molar-refractivity contribution in [2.75, 3.05) is 56.0 Å². The number of fused-ring (bicyclic) bond motifs is 3. The molecule has 8 rings (SSSR count). The summed E-state index contributed by atoms with van der Waals surface area (Å²) in [6, 6.07) is 6.13. The van der Waals surface area contributed by atoms with E-state index < -0.39 is 12.1 Å². The molecule has 2 atom stereocenters. The molecule has 4 aliphatic heterocycles. The highest BCUT2D eigenvalue weighted by molar-refractivity contribution is 5.78. The fraction of sp³-hybridized carbons (Fsp3) is 0.625. The Morgan fingerprint density at radius 1 is 1.04 bits per heavy atom. The molecule has 7 heterocycles. The number of hydrogen-bond donors (Lipinski definition) is 2. The summed E-state index contributed by atoms with van der Waals surface area (Å²) in [5.41, 5.74) is 1.97. The number of rotatable bonds is 8. The van der Waals surface area contributed by atoms with E-state index in [1.165, 1.54) is 4.90 Å². The van der Waals surface area contributed by atoms with E-state index in [0.717, 1.165) is 50.8 Å². The molecule has 2 unspecified atom stereocenters. The Hall–Kier alpha value is -4.59. The predicted molar refractivity (Wildman–Crippen MR) is 171 cm³/mol. The number of carbonyl (C=O) groups is 2. The summed E-state index contributed by atoms with van der Waals surface area (Å²) in [5, 5.41) is 25.0. The summed E-state index contributed by atoms with van der Waals surface area (Å²) in [7, 11) is 0. The summed E-state index contributed by atoms with van der Waals surface area (Å²) >= 11 is 0. The maximum atomic E-state index is 13.2. The van der Waals surface area contributed by atoms with Crippen LogP contribution in [0.15, 0.2) is 30.7 Å². The van der Waals surface area contributed by atoms with Gasteiger partial charge >= 0.3 is 12.2 Å². The normalized spacial score (nSPS) is 23.9. The predicted octanol–water partition coefficient (Wildman–Crippen LogP) is 2.82. The molecule has 0 aromatic carbocycles. The molecule has 3 aromatic rings. The number of alkyl halides is 3. The number of carbonyl (C=O) groups excluding carboxylic acids is 2. The van der Waals surface area contributed by atoms with Crippen molar-refractivity contribution in [3.8, 4) is 6.07 Å². The second-order valence-electron chi connectivity index (χ2n) is 14.2. The Bertz CT molecular complexity index is 1750. The molecule has 260 valence electrons. The highest BCUT2D eigenvalue weighted by Crippen LogP contribution is 2.44. The average Bonchev–Trinajstić information content (AvgIpc) is 3.36. The molecule has 3 aromatic heterocycles. The first-order chi connectivity index (χ1) is 23.6. The van der Waals surface area contributed by atoms with Crippen molar-refractivity contribution in [2.45, 2.75) is 69.4 Å². The van der Waals surface area contributed by atoms with E-state index in [9.17, 15) is 28.0 Å². The van der Waals surface area contributed by atoms with Crippen molar-refractivity contribution in [3.05, 3.63) is 30.7 Å². The number of anilines is 3. The molecule has 14 nitrogen and oxygen atoms in total. The Morgan fingerprint density at radius 3 is 2.45 bits per heavy atom. The minimum absolute atomic E-state index is 0.00502. The van der Waals surface area contributed by atoms with Gasteiger partial charge in [-0.1, -0.05) is 0 Å². The molecule has 49 heavy (non-hydrogen) atoms.